The molecule has 54 valence electrons. The quantitative estimate of drug-likeness (QED) is 0.604. The third-order valence-corrected chi connectivity index (χ3v) is 1.34. The molecule has 1 rings (SSSR count). The fourth-order valence-corrected chi connectivity index (χ4v) is 0.969. The van der Waals surface area contributed by atoms with Crippen molar-refractivity contribution in [3.8, 4) is 0 Å². The summed E-state index contributed by atoms with van der Waals surface area (Å²) in [7, 11) is 1.83. The summed E-state index contributed by atoms with van der Waals surface area (Å²) < 4.78 is 0.612. The van der Waals surface area contributed by atoms with Gasteiger partial charge in [0, 0.05) is 13.1 Å². The molecule has 2 N–H and O–H groups in total. The first-order valence-corrected chi connectivity index (χ1v) is 3.39. The van der Waals surface area contributed by atoms with Gasteiger partial charge in [-0.3, -0.25) is 0 Å². The molecule has 0 atom stereocenters. The van der Waals surface area contributed by atoms with E-state index in [0.717, 1.165) is 11.6 Å². The molecular formula is C6H9N3S. The number of aryl methyl sites for hydroxylation is 1. The lowest BCUT2D eigenvalue weighted by Crippen LogP contribution is -1.95. The van der Waals surface area contributed by atoms with E-state index in [2.05, 4.69) is 15.3 Å². The second-order valence-electron chi connectivity index (χ2n) is 1.97. The van der Waals surface area contributed by atoms with Crippen molar-refractivity contribution in [2.45, 2.75) is 6.92 Å². The molecule has 1 aromatic rings. The van der Waals surface area contributed by atoms with E-state index in [4.69, 9.17) is 12.2 Å². The average molecular weight is 155 g/mol. The van der Waals surface area contributed by atoms with Crippen LogP contribution in [0.25, 0.3) is 0 Å². The fourth-order valence-electron chi connectivity index (χ4n) is 0.715. The average Bonchev–Trinajstić information content (AvgIpc) is 1.85. The van der Waals surface area contributed by atoms with Crippen LogP contribution in [0.5, 0.6) is 0 Å². The molecule has 3 nitrogen and oxygen atoms in total. The van der Waals surface area contributed by atoms with E-state index in [1.54, 1.807) is 6.07 Å². The smallest absolute Gasteiger partial charge is 0.131 e. The second-order valence-corrected chi connectivity index (χ2v) is 2.39. The van der Waals surface area contributed by atoms with Crippen LogP contribution in [-0.2, 0) is 0 Å². The van der Waals surface area contributed by atoms with Crippen LogP contribution in [0.1, 0.15) is 5.82 Å². The van der Waals surface area contributed by atoms with Gasteiger partial charge < -0.3 is 10.3 Å². The molecule has 0 bridgehead atoms. The minimum Gasteiger partial charge on any atom is -0.375 e. The number of aromatic amines is 1. The summed E-state index contributed by atoms with van der Waals surface area (Å²) in [5, 5.41) is 2.95. The molecule has 0 radical (unpaired) electrons. The number of anilines is 1. The zero-order valence-corrected chi connectivity index (χ0v) is 6.75. The third-order valence-electron chi connectivity index (χ3n) is 1.13. The van der Waals surface area contributed by atoms with Gasteiger partial charge >= 0.3 is 0 Å². The van der Waals surface area contributed by atoms with Gasteiger partial charge in [0.25, 0.3) is 0 Å². The van der Waals surface area contributed by atoms with Gasteiger partial charge in [-0.1, -0.05) is 12.2 Å². The molecule has 0 aliphatic rings. The highest BCUT2D eigenvalue weighted by atomic mass is 32.1. The molecule has 0 saturated carbocycles. The van der Waals surface area contributed by atoms with E-state index < -0.39 is 0 Å². The molecule has 0 aliphatic carbocycles. The first kappa shape index (κ1) is 7.21. The van der Waals surface area contributed by atoms with Gasteiger partial charge in [0.05, 0.1) is 0 Å². The van der Waals surface area contributed by atoms with Crippen LogP contribution in [0, 0.1) is 11.6 Å². The number of aromatic nitrogens is 2. The normalized spacial score (nSPS) is 9.40. The SMILES string of the molecule is CNc1cc(=S)nc(C)[nH]1. The molecule has 10 heavy (non-hydrogen) atoms. The Morgan fingerprint density at radius 3 is 2.90 bits per heavy atom. The predicted molar refractivity (Wildman–Crippen MR) is 43.7 cm³/mol. The molecule has 0 spiro atoms. The second kappa shape index (κ2) is 2.79. The molecule has 0 saturated heterocycles. The highest BCUT2D eigenvalue weighted by molar-refractivity contribution is 7.71. The van der Waals surface area contributed by atoms with Gasteiger partial charge in [0.2, 0.25) is 0 Å². The number of hydrogen-bond donors (Lipinski definition) is 2. The maximum absolute atomic E-state index is 4.88. The summed E-state index contributed by atoms with van der Waals surface area (Å²) in [4.78, 5) is 7.01. The highest BCUT2D eigenvalue weighted by Gasteiger charge is 1.89. The van der Waals surface area contributed by atoms with Crippen molar-refractivity contribution in [3.63, 3.8) is 0 Å². The van der Waals surface area contributed by atoms with Gasteiger partial charge in [-0.2, -0.15) is 0 Å². The molecular weight excluding hydrogens is 146 g/mol. The molecule has 4 heteroatoms. The zero-order valence-electron chi connectivity index (χ0n) is 5.93. The number of nitrogens with one attached hydrogen (secondary N) is 2. The number of H-pyrrole nitrogens is 1. The predicted octanol–water partition coefficient (Wildman–Crippen LogP) is 1.49. The van der Waals surface area contributed by atoms with Gasteiger partial charge in [0.1, 0.15) is 16.3 Å². The largest absolute Gasteiger partial charge is 0.375 e. The number of hydrogen-bond acceptors (Lipinski definition) is 3. The Morgan fingerprint density at radius 1 is 1.70 bits per heavy atom. The van der Waals surface area contributed by atoms with Crippen molar-refractivity contribution in [1.82, 2.24) is 9.97 Å². The summed E-state index contributed by atoms with van der Waals surface area (Å²) >= 11 is 4.88. The highest BCUT2D eigenvalue weighted by Crippen LogP contribution is 2.00. The van der Waals surface area contributed by atoms with E-state index in [0.29, 0.717) is 4.64 Å². The monoisotopic (exact) mass is 155 g/mol. The summed E-state index contributed by atoms with van der Waals surface area (Å²) in [6, 6.07) is 1.78. The lowest BCUT2D eigenvalue weighted by atomic mass is 10.5. The van der Waals surface area contributed by atoms with E-state index in [-0.39, 0.29) is 0 Å². The zero-order chi connectivity index (χ0) is 7.56. The van der Waals surface area contributed by atoms with Crippen molar-refractivity contribution in [1.29, 1.82) is 0 Å². The minimum absolute atomic E-state index is 0.612. The van der Waals surface area contributed by atoms with E-state index in [1.807, 2.05) is 14.0 Å². The van der Waals surface area contributed by atoms with Crippen LogP contribution in [0.2, 0.25) is 0 Å². The van der Waals surface area contributed by atoms with Crippen LogP contribution in [0.3, 0.4) is 0 Å². The van der Waals surface area contributed by atoms with Gasteiger partial charge in [-0.15, -0.1) is 0 Å². The van der Waals surface area contributed by atoms with E-state index in [1.165, 1.54) is 0 Å². The standard InChI is InChI=1S/C6H9N3S/c1-4-8-5(7-2)3-6(10)9-4/h3H,1-2H3,(H2,7,8,9,10). The van der Waals surface area contributed by atoms with Crippen LogP contribution in [-0.4, -0.2) is 17.0 Å². The minimum atomic E-state index is 0.612. The van der Waals surface area contributed by atoms with Gasteiger partial charge in [-0.05, 0) is 6.92 Å². The van der Waals surface area contributed by atoms with Gasteiger partial charge in [0.15, 0.2) is 0 Å². The number of rotatable bonds is 1. The molecule has 0 unspecified atom stereocenters. The first-order valence-electron chi connectivity index (χ1n) is 2.98. The van der Waals surface area contributed by atoms with Crippen LogP contribution < -0.4 is 5.32 Å². The first-order chi connectivity index (χ1) is 4.72. The van der Waals surface area contributed by atoms with Crippen LogP contribution in [0.4, 0.5) is 5.82 Å². The maximum Gasteiger partial charge on any atom is 0.131 e. The molecule has 0 aromatic carbocycles. The van der Waals surface area contributed by atoms with Crippen LogP contribution >= 0.6 is 12.2 Å². The lowest BCUT2D eigenvalue weighted by Gasteiger charge is -1.99. The topological polar surface area (TPSA) is 40.7 Å². The van der Waals surface area contributed by atoms with Crippen molar-refractivity contribution < 1.29 is 0 Å². The van der Waals surface area contributed by atoms with Gasteiger partial charge in [-0.25, -0.2) is 4.98 Å². The molecule has 0 amide bonds. The summed E-state index contributed by atoms with van der Waals surface area (Å²) in [6.07, 6.45) is 0. The summed E-state index contributed by atoms with van der Waals surface area (Å²) in [5.41, 5.74) is 0. The van der Waals surface area contributed by atoms with Crippen molar-refractivity contribution in [3.05, 3.63) is 16.5 Å². The number of nitrogens with zero attached hydrogens (tertiary/aromatic N) is 1. The fraction of sp³-hybridized carbons (Fsp3) is 0.333. The molecule has 0 fully saturated rings. The van der Waals surface area contributed by atoms with Crippen LogP contribution in [0.15, 0.2) is 6.07 Å². The Hall–Kier alpha value is -0.900. The summed E-state index contributed by atoms with van der Waals surface area (Å²) in [6.45, 7) is 1.87. The van der Waals surface area contributed by atoms with Crippen molar-refractivity contribution in [2.75, 3.05) is 12.4 Å². The Kier molecular flexibility index (Phi) is 2.01. The third kappa shape index (κ3) is 1.54. The van der Waals surface area contributed by atoms with E-state index >= 15 is 0 Å². The van der Waals surface area contributed by atoms with Crippen molar-refractivity contribution in [2.24, 2.45) is 0 Å². The Morgan fingerprint density at radius 2 is 2.40 bits per heavy atom. The molecule has 0 aliphatic heterocycles. The Balaban J connectivity index is 3.19. The maximum atomic E-state index is 4.88. The van der Waals surface area contributed by atoms with Crippen molar-refractivity contribution >= 4 is 18.0 Å². The molecule has 1 aromatic heterocycles. The Bertz CT molecular complexity index is 279. The lowest BCUT2D eigenvalue weighted by molar-refractivity contribution is 1.04. The summed E-state index contributed by atoms with van der Waals surface area (Å²) in [5.74, 6) is 1.73. The molecule has 1 heterocycles. The Labute approximate surface area is 64.5 Å². The van der Waals surface area contributed by atoms with E-state index in [9.17, 15) is 0 Å².